The van der Waals surface area contributed by atoms with Crippen molar-refractivity contribution >= 4 is 5.96 Å². The summed E-state index contributed by atoms with van der Waals surface area (Å²) in [6.45, 7) is 3.02. The van der Waals surface area contributed by atoms with E-state index in [2.05, 4.69) is 26.6 Å². The molecular weight excluding hydrogens is 381 g/mol. The second-order valence-electron chi connectivity index (χ2n) is 7.23. The third kappa shape index (κ3) is 5.28. The van der Waals surface area contributed by atoms with E-state index in [1.54, 1.807) is 26.3 Å². The zero-order valence-electron chi connectivity index (χ0n) is 17.5. The van der Waals surface area contributed by atoms with Gasteiger partial charge in [0.25, 0.3) is 0 Å². The normalized spacial score (nSPS) is 15.5. The Balaban J connectivity index is 1.67. The molecule has 0 aromatic heterocycles. The Hall–Kier alpha value is -3.11. The molecule has 0 aliphatic carbocycles. The summed E-state index contributed by atoms with van der Waals surface area (Å²) < 4.78 is 19.7. The van der Waals surface area contributed by atoms with Crippen LogP contribution in [0.25, 0.3) is 0 Å². The summed E-state index contributed by atoms with van der Waals surface area (Å²) in [5.74, 6) is 1.07. The Kier molecular flexibility index (Phi) is 7.63. The van der Waals surface area contributed by atoms with Gasteiger partial charge >= 0.3 is 0 Å². The van der Waals surface area contributed by atoms with Crippen molar-refractivity contribution in [3.63, 3.8) is 0 Å². The fraction of sp³-hybridized carbons (Fsp3) is 0.391. The maximum Gasteiger partial charge on any atom is 0.191 e. The predicted octanol–water partition coefficient (Wildman–Crippen LogP) is 3.21. The maximum atomic E-state index is 14.1. The highest BCUT2D eigenvalue weighted by molar-refractivity contribution is 5.79. The maximum absolute atomic E-state index is 14.1. The van der Waals surface area contributed by atoms with E-state index >= 15 is 0 Å². The topological polar surface area (TPSA) is 72.7 Å². The van der Waals surface area contributed by atoms with Crippen molar-refractivity contribution in [3.8, 4) is 11.8 Å². The lowest BCUT2D eigenvalue weighted by atomic mass is 10.0. The number of para-hydroxylation sites is 1. The molecule has 0 amide bonds. The Morgan fingerprint density at radius 1 is 1.23 bits per heavy atom. The number of rotatable bonds is 7. The van der Waals surface area contributed by atoms with Crippen LogP contribution < -0.4 is 15.4 Å². The number of halogens is 1. The molecule has 0 saturated carbocycles. The zero-order chi connectivity index (χ0) is 21.3. The van der Waals surface area contributed by atoms with Gasteiger partial charge in [-0.2, -0.15) is 5.26 Å². The van der Waals surface area contributed by atoms with Crippen molar-refractivity contribution in [1.29, 1.82) is 5.26 Å². The van der Waals surface area contributed by atoms with E-state index in [1.807, 2.05) is 24.3 Å². The first-order valence-corrected chi connectivity index (χ1v) is 10.2. The molecule has 158 valence electrons. The van der Waals surface area contributed by atoms with Crippen molar-refractivity contribution in [3.05, 3.63) is 65.0 Å². The van der Waals surface area contributed by atoms with E-state index in [9.17, 15) is 4.39 Å². The quantitative estimate of drug-likeness (QED) is 0.543. The average molecular weight is 410 g/mol. The second kappa shape index (κ2) is 10.6. The molecule has 6 nitrogen and oxygen atoms in total. The van der Waals surface area contributed by atoms with E-state index in [4.69, 9.17) is 10.00 Å². The largest absolute Gasteiger partial charge is 0.496 e. The lowest BCUT2D eigenvalue weighted by molar-refractivity contribution is 0.239. The van der Waals surface area contributed by atoms with E-state index in [0.29, 0.717) is 23.6 Å². The molecule has 2 N–H and O–H groups in total. The summed E-state index contributed by atoms with van der Waals surface area (Å²) in [7, 11) is 3.39. The molecule has 1 atom stereocenters. The number of aliphatic imine (C=N–C) groups is 1. The fourth-order valence-electron chi connectivity index (χ4n) is 3.78. The van der Waals surface area contributed by atoms with Gasteiger partial charge < -0.3 is 15.4 Å². The van der Waals surface area contributed by atoms with Crippen LogP contribution in [0.4, 0.5) is 4.39 Å². The minimum atomic E-state index is -0.402. The summed E-state index contributed by atoms with van der Waals surface area (Å²) in [5, 5.41) is 15.4. The summed E-state index contributed by atoms with van der Waals surface area (Å²) in [5.41, 5.74) is 1.93. The summed E-state index contributed by atoms with van der Waals surface area (Å²) in [6, 6.07) is 14.7. The third-order valence-electron chi connectivity index (χ3n) is 5.39. The van der Waals surface area contributed by atoms with Crippen LogP contribution in [0.1, 0.15) is 35.6 Å². The average Bonchev–Trinajstić information content (AvgIpc) is 3.31. The molecule has 2 aromatic rings. The number of benzene rings is 2. The molecule has 0 spiro atoms. The Bertz CT molecular complexity index is 918. The third-order valence-corrected chi connectivity index (χ3v) is 5.39. The van der Waals surface area contributed by atoms with E-state index in [1.165, 1.54) is 18.9 Å². The van der Waals surface area contributed by atoms with Gasteiger partial charge in [0.05, 0.1) is 24.8 Å². The van der Waals surface area contributed by atoms with Gasteiger partial charge in [0.15, 0.2) is 5.96 Å². The molecule has 1 heterocycles. The van der Waals surface area contributed by atoms with Gasteiger partial charge in [0.1, 0.15) is 11.6 Å². The van der Waals surface area contributed by atoms with E-state index in [0.717, 1.165) is 24.4 Å². The monoisotopic (exact) mass is 409 g/mol. The number of ether oxygens (including phenoxy) is 1. The van der Waals surface area contributed by atoms with Crippen LogP contribution >= 0.6 is 0 Å². The number of likely N-dealkylation sites (tertiary alicyclic amines) is 1. The standard InChI is InChI=1S/C23H28FN5O/c1-26-23(27-15-18-10-9-17(14-25)13-20(18)24)28-16-21(29-11-5-6-12-29)19-7-3-4-8-22(19)30-2/h3-4,7-10,13,21H,5-6,11-12,15-16H2,1-2H3,(H2,26,27,28). The van der Waals surface area contributed by atoms with Gasteiger partial charge in [0.2, 0.25) is 0 Å². The highest BCUT2D eigenvalue weighted by Crippen LogP contribution is 2.31. The van der Waals surface area contributed by atoms with Gasteiger partial charge in [-0.3, -0.25) is 9.89 Å². The van der Waals surface area contributed by atoms with E-state index in [-0.39, 0.29) is 12.6 Å². The van der Waals surface area contributed by atoms with Gasteiger partial charge in [-0.25, -0.2) is 4.39 Å². The first-order chi connectivity index (χ1) is 14.7. The number of nitrogens with one attached hydrogen (secondary N) is 2. The molecule has 0 radical (unpaired) electrons. The van der Waals surface area contributed by atoms with Crippen molar-refractivity contribution < 1.29 is 9.13 Å². The van der Waals surface area contributed by atoms with Crippen LogP contribution in [-0.2, 0) is 6.54 Å². The molecule has 3 rings (SSSR count). The molecule has 0 bridgehead atoms. The summed E-state index contributed by atoms with van der Waals surface area (Å²) in [4.78, 5) is 6.73. The smallest absolute Gasteiger partial charge is 0.191 e. The predicted molar refractivity (Wildman–Crippen MR) is 116 cm³/mol. The van der Waals surface area contributed by atoms with Crippen LogP contribution in [0.2, 0.25) is 0 Å². The number of hydrogen-bond acceptors (Lipinski definition) is 4. The fourth-order valence-corrected chi connectivity index (χ4v) is 3.78. The van der Waals surface area contributed by atoms with Crippen molar-refractivity contribution in [1.82, 2.24) is 15.5 Å². The first kappa shape index (κ1) is 21.6. The minimum Gasteiger partial charge on any atom is -0.496 e. The first-order valence-electron chi connectivity index (χ1n) is 10.2. The number of nitriles is 1. The Morgan fingerprint density at radius 3 is 2.67 bits per heavy atom. The molecule has 30 heavy (non-hydrogen) atoms. The van der Waals surface area contributed by atoms with Crippen LogP contribution in [0.3, 0.4) is 0 Å². The lowest BCUT2D eigenvalue weighted by Crippen LogP contribution is -2.42. The second-order valence-corrected chi connectivity index (χ2v) is 7.23. The van der Waals surface area contributed by atoms with E-state index < -0.39 is 5.82 Å². The number of nitrogens with zero attached hydrogens (tertiary/aromatic N) is 3. The van der Waals surface area contributed by atoms with Gasteiger partial charge in [0, 0.05) is 31.3 Å². The van der Waals surface area contributed by atoms with Crippen LogP contribution in [0.15, 0.2) is 47.5 Å². The Morgan fingerprint density at radius 2 is 2.00 bits per heavy atom. The van der Waals surface area contributed by atoms with Gasteiger partial charge in [-0.15, -0.1) is 0 Å². The minimum absolute atomic E-state index is 0.147. The summed E-state index contributed by atoms with van der Waals surface area (Å²) >= 11 is 0. The zero-order valence-corrected chi connectivity index (χ0v) is 17.5. The molecule has 2 aromatic carbocycles. The molecular formula is C23H28FN5O. The van der Waals surface area contributed by atoms with Crippen molar-refractivity contribution in [2.75, 3.05) is 33.8 Å². The molecule has 1 saturated heterocycles. The Labute approximate surface area is 177 Å². The lowest BCUT2D eigenvalue weighted by Gasteiger charge is -2.30. The molecule has 1 aliphatic heterocycles. The van der Waals surface area contributed by atoms with Crippen LogP contribution in [0.5, 0.6) is 5.75 Å². The SMILES string of the molecule is CN=C(NCc1ccc(C#N)cc1F)NCC(c1ccccc1OC)N1CCCC1. The molecule has 1 unspecified atom stereocenters. The van der Waals surface area contributed by atoms with Crippen LogP contribution in [-0.4, -0.2) is 44.7 Å². The molecule has 1 fully saturated rings. The molecule has 1 aliphatic rings. The van der Waals surface area contributed by atoms with Gasteiger partial charge in [-0.1, -0.05) is 24.3 Å². The van der Waals surface area contributed by atoms with Crippen molar-refractivity contribution in [2.24, 2.45) is 4.99 Å². The van der Waals surface area contributed by atoms with Crippen molar-refractivity contribution in [2.45, 2.75) is 25.4 Å². The van der Waals surface area contributed by atoms with Crippen LogP contribution in [0, 0.1) is 17.1 Å². The number of guanidine groups is 1. The number of methoxy groups -OCH3 is 1. The number of hydrogen-bond donors (Lipinski definition) is 2. The molecule has 7 heteroatoms. The summed E-state index contributed by atoms with van der Waals surface area (Å²) in [6.07, 6.45) is 2.38. The highest BCUT2D eigenvalue weighted by Gasteiger charge is 2.26. The van der Waals surface area contributed by atoms with Gasteiger partial charge in [-0.05, 0) is 44.1 Å². The highest BCUT2D eigenvalue weighted by atomic mass is 19.1.